The number of aliphatic hydroxyl groups is 1. The fraction of sp³-hybridized carbons (Fsp3) is 0.941. The predicted octanol–water partition coefficient (Wildman–Crippen LogP) is 19.4. The molecule has 0 amide bonds. The van der Waals surface area contributed by atoms with Crippen LogP contribution in [0.5, 0.6) is 0 Å². The molecule has 0 aliphatic rings. The van der Waals surface area contributed by atoms with Gasteiger partial charge in [0.25, 0.3) is 0 Å². The maximum atomic E-state index is 13.0. The molecule has 17 nitrogen and oxygen atoms in total. The molecule has 0 aliphatic carbocycles. The highest BCUT2D eigenvalue weighted by Crippen LogP contribution is 2.45. The van der Waals surface area contributed by atoms with Gasteiger partial charge in [-0.2, -0.15) is 0 Å². The largest absolute Gasteiger partial charge is 0.472 e. The second kappa shape index (κ2) is 61.6. The molecule has 3 unspecified atom stereocenters. The van der Waals surface area contributed by atoms with E-state index in [2.05, 4.69) is 34.6 Å². The van der Waals surface area contributed by atoms with Crippen LogP contribution in [0, 0.1) is 5.92 Å². The molecule has 516 valence electrons. The van der Waals surface area contributed by atoms with Crippen LogP contribution >= 0.6 is 15.6 Å². The Labute approximate surface area is 530 Å². The van der Waals surface area contributed by atoms with Crippen molar-refractivity contribution in [3.8, 4) is 0 Å². The van der Waals surface area contributed by atoms with Gasteiger partial charge in [0.1, 0.15) is 19.3 Å². The summed E-state index contributed by atoms with van der Waals surface area (Å²) in [6, 6.07) is 0. The number of carbonyl (C=O) groups is 4. The number of unbranched alkanes of at least 4 members (excludes halogenated alkanes) is 39. The molecule has 0 aliphatic heterocycles. The summed E-state index contributed by atoms with van der Waals surface area (Å²) in [6.45, 7) is 7.25. The fourth-order valence-electron chi connectivity index (χ4n) is 10.3. The van der Waals surface area contributed by atoms with Gasteiger partial charge in [-0.05, 0) is 31.6 Å². The lowest BCUT2D eigenvalue weighted by Gasteiger charge is -2.21. The van der Waals surface area contributed by atoms with Gasteiger partial charge in [0.05, 0.1) is 26.4 Å². The van der Waals surface area contributed by atoms with Crippen LogP contribution in [0.2, 0.25) is 0 Å². The first-order chi connectivity index (χ1) is 42.1. The first-order valence-electron chi connectivity index (χ1n) is 35.7. The maximum Gasteiger partial charge on any atom is 0.472 e. The minimum atomic E-state index is -4.95. The minimum absolute atomic E-state index is 0.106. The van der Waals surface area contributed by atoms with Crippen molar-refractivity contribution in [3.63, 3.8) is 0 Å². The number of esters is 4. The molecule has 0 aromatic rings. The number of aliphatic hydroxyl groups excluding tert-OH is 1. The molecule has 0 heterocycles. The third-order valence-electron chi connectivity index (χ3n) is 16.1. The molecular formula is C68H132O17P2. The van der Waals surface area contributed by atoms with E-state index in [-0.39, 0.29) is 25.7 Å². The quantitative estimate of drug-likeness (QED) is 0.0222. The third-order valence-corrected chi connectivity index (χ3v) is 18.0. The Morgan fingerprint density at radius 2 is 0.552 bits per heavy atom. The van der Waals surface area contributed by atoms with Crippen LogP contribution in [0.4, 0.5) is 0 Å². The van der Waals surface area contributed by atoms with Crippen LogP contribution in [0.25, 0.3) is 0 Å². The number of hydrogen-bond donors (Lipinski definition) is 3. The van der Waals surface area contributed by atoms with Crippen molar-refractivity contribution in [2.45, 2.75) is 368 Å². The van der Waals surface area contributed by atoms with E-state index in [0.29, 0.717) is 25.7 Å². The van der Waals surface area contributed by atoms with E-state index in [4.69, 9.17) is 37.0 Å². The second-order valence-corrected chi connectivity index (χ2v) is 27.7. The van der Waals surface area contributed by atoms with E-state index in [1.165, 1.54) is 173 Å². The lowest BCUT2D eigenvalue weighted by atomic mass is 9.99. The normalized spacial score (nSPS) is 14.4. The van der Waals surface area contributed by atoms with E-state index in [1.807, 2.05) is 0 Å². The lowest BCUT2D eigenvalue weighted by Crippen LogP contribution is -2.30. The van der Waals surface area contributed by atoms with Gasteiger partial charge < -0.3 is 33.8 Å². The molecule has 0 saturated heterocycles. The lowest BCUT2D eigenvalue weighted by molar-refractivity contribution is -0.161. The second-order valence-electron chi connectivity index (χ2n) is 24.8. The van der Waals surface area contributed by atoms with E-state index < -0.39 is 97.5 Å². The summed E-state index contributed by atoms with van der Waals surface area (Å²) >= 11 is 0. The molecule has 0 fully saturated rings. The van der Waals surface area contributed by atoms with E-state index in [0.717, 1.165) is 95.8 Å². The highest BCUT2D eigenvalue weighted by atomic mass is 31.2. The molecule has 3 N–H and O–H groups in total. The Kier molecular flexibility index (Phi) is 60.2. The zero-order valence-electron chi connectivity index (χ0n) is 56.2. The zero-order valence-corrected chi connectivity index (χ0v) is 57.9. The van der Waals surface area contributed by atoms with Crippen LogP contribution < -0.4 is 0 Å². The van der Waals surface area contributed by atoms with E-state index >= 15 is 0 Å². The monoisotopic (exact) mass is 1280 g/mol. The average molecular weight is 1280 g/mol. The third kappa shape index (κ3) is 61.3. The molecule has 0 bridgehead atoms. The van der Waals surface area contributed by atoms with Crippen molar-refractivity contribution in [2.24, 2.45) is 5.92 Å². The number of carbonyl (C=O) groups excluding carboxylic acids is 4. The van der Waals surface area contributed by atoms with Crippen molar-refractivity contribution < 1.29 is 80.2 Å². The van der Waals surface area contributed by atoms with Gasteiger partial charge in [-0.25, -0.2) is 9.13 Å². The van der Waals surface area contributed by atoms with Crippen molar-refractivity contribution >= 4 is 39.5 Å². The van der Waals surface area contributed by atoms with Crippen molar-refractivity contribution in [2.75, 3.05) is 39.6 Å². The number of phosphoric acid groups is 2. The Morgan fingerprint density at radius 1 is 0.322 bits per heavy atom. The van der Waals surface area contributed by atoms with E-state index in [9.17, 15) is 43.2 Å². The first-order valence-corrected chi connectivity index (χ1v) is 38.7. The summed E-state index contributed by atoms with van der Waals surface area (Å²) in [5.41, 5.74) is 0. The summed E-state index contributed by atoms with van der Waals surface area (Å²) in [5, 5.41) is 10.6. The minimum Gasteiger partial charge on any atom is -0.462 e. The maximum absolute atomic E-state index is 13.0. The molecule has 0 saturated carbocycles. The standard InChI is InChI=1S/C68H132O17P2/c1-6-10-13-16-19-22-27-33-37-42-47-52-66(71)79-58-64(85-68(73)54-49-44-39-34-29-26-24-23-25-28-32-35-40-45-50-61(5)9-4)60-83-87(76,77)81-56-62(69)55-80-86(74,75)82-59-63(84-67(72)53-48-43-38-31-21-18-15-12-8-3)57-78-65(70)51-46-41-36-30-20-17-14-11-7-2/h61-64,69H,6-60H2,1-5H3,(H,74,75)(H,76,77)/t61?,62-,63+,64+/m0/s1. The van der Waals surface area contributed by atoms with Gasteiger partial charge in [0.2, 0.25) is 0 Å². The fourth-order valence-corrected chi connectivity index (χ4v) is 11.8. The number of ether oxygens (including phenoxy) is 4. The van der Waals surface area contributed by atoms with Crippen LogP contribution in [0.15, 0.2) is 0 Å². The summed E-state index contributed by atoms with van der Waals surface area (Å²) in [6.07, 6.45) is 47.1. The van der Waals surface area contributed by atoms with Gasteiger partial charge in [-0.1, -0.05) is 298 Å². The highest BCUT2D eigenvalue weighted by molar-refractivity contribution is 7.47. The zero-order chi connectivity index (χ0) is 64.2. The van der Waals surface area contributed by atoms with Gasteiger partial charge >= 0.3 is 39.5 Å². The van der Waals surface area contributed by atoms with Crippen molar-refractivity contribution in [1.29, 1.82) is 0 Å². The predicted molar refractivity (Wildman–Crippen MR) is 349 cm³/mol. The topological polar surface area (TPSA) is 237 Å². The molecule has 87 heavy (non-hydrogen) atoms. The molecule has 6 atom stereocenters. The van der Waals surface area contributed by atoms with E-state index in [1.54, 1.807) is 0 Å². The van der Waals surface area contributed by atoms with Gasteiger partial charge in [0, 0.05) is 25.7 Å². The Balaban J connectivity index is 5.19. The first kappa shape index (κ1) is 85.1. The summed E-state index contributed by atoms with van der Waals surface area (Å²) in [5.74, 6) is -1.28. The molecule has 0 spiro atoms. The Hall–Kier alpha value is -1.94. The SMILES string of the molecule is CCCCCCCCCCCCCC(=O)OC[C@H](COP(=O)(O)OC[C@@H](O)COP(=O)(O)OC[C@@H](COC(=O)CCCCCCCCCCC)OC(=O)CCCCCCCCCCC)OC(=O)CCCCCCCCCCCCCCCCC(C)CC. The van der Waals surface area contributed by atoms with Crippen LogP contribution in [0.3, 0.4) is 0 Å². The van der Waals surface area contributed by atoms with Gasteiger partial charge in [-0.15, -0.1) is 0 Å². The van der Waals surface area contributed by atoms with Crippen molar-refractivity contribution in [1.82, 2.24) is 0 Å². The summed E-state index contributed by atoms with van der Waals surface area (Å²) in [7, 11) is -9.89. The number of phosphoric ester groups is 2. The molecule has 0 aromatic carbocycles. The molecular weight excluding hydrogens is 1150 g/mol. The molecule has 0 aromatic heterocycles. The smallest absolute Gasteiger partial charge is 0.462 e. The number of hydrogen-bond acceptors (Lipinski definition) is 15. The van der Waals surface area contributed by atoms with Crippen LogP contribution in [-0.4, -0.2) is 96.7 Å². The van der Waals surface area contributed by atoms with Gasteiger partial charge in [0.15, 0.2) is 12.2 Å². The van der Waals surface area contributed by atoms with Crippen LogP contribution in [-0.2, 0) is 65.4 Å². The molecule has 0 radical (unpaired) electrons. The van der Waals surface area contributed by atoms with Gasteiger partial charge in [-0.3, -0.25) is 37.3 Å². The van der Waals surface area contributed by atoms with Crippen molar-refractivity contribution in [3.05, 3.63) is 0 Å². The Morgan fingerprint density at radius 3 is 0.816 bits per heavy atom. The number of rotatable bonds is 68. The molecule has 19 heteroatoms. The summed E-state index contributed by atoms with van der Waals surface area (Å²) < 4.78 is 68.1. The Bertz CT molecular complexity index is 1690. The average Bonchev–Trinajstić information content (AvgIpc) is 3.66. The molecule has 0 rings (SSSR count). The summed E-state index contributed by atoms with van der Waals surface area (Å²) in [4.78, 5) is 72.3. The van der Waals surface area contributed by atoms with Crippen LogP contribution in [0.1, 0.15) is 349 Å². The highest BCUT2D eigenvalue weighted by Gasteiger charge is 2.30.